The van der Waals surface area contributed by atoms with Gasteiger partial charge in [0.15, 0.2) is 0 Å². The second-order valence-electron chi connectivity index (χ2n) is 4.06. The van der Waals surface area contributed by atoms with E-state index in [2.05, 4.69) is 0 Å². The molecule has 0 aliphatic carbocycles. The second kappa shape index (κ2) is 6.01. The minimum Gasteiger partial charge on any atom is -0.545 e. The van der Waals surface area contributed by atoms with Gasteiger partial charge >= 0.3 is 0 Å². The molecule has 0 atom stereocenters. The van der Waals surface area contributed by atoms with Crippen molar-refractivity contribution in [1.82, 2.24) is 0 Å². The van der Waals surface area contributed by atoms with Gasteiger partial charge in [-0.1, -0.05) is 48.5 Å². The summed E-state index contributed by atoms with van der Waals surface area (Å²) in [6.07, 6.45) is 1.33. The summed E-state index contributed by atoms with van der Waals surface area (Å²) in [6.45, 7) is 0. The molecule has 0 saturated heterocycles. The van der Waals surface area contributed by atoms with E-state index in [4.69, 9.17) is 10.4 Å². The number of benzene rings is 2. The largest absolute Gasteiger partial charge is 0.545 e. The molecule has 0 aliphatic heterocycles. The Balaban J connectivity index is 2.53. The van der Waals surface area contributed by atoms with E-state index in [1.165, 1.54) is 12.1 Å². The lowest BCUT2D eigenvalue weighted by molar-refractivity contribution is -0.295. The third-order valence-corrected chi connectivity index (χ3v) is 2.76. The van der Waals surface area contributed by atoms with Crippen molar-refractivity contribution >= 4 is 23.3 Å². The van der Waals surface area contributed by atoms with Crippen LogP contribution in [0, 0.1) is 0 Å². The Morgan fingerprint density at radius 2 is 1.60 bits per heavy atom. The van der Waals surface area contributed by atoms with Crippen LogP contribution in [0.4, 0.5) is 5.69 Å². The van der Waals surface area contributed by atoms with Crippen LogP contribution in [0.2, 0.25) is 0 Å². The molecule has 2 aromatic carbocycles. The molecule has 5 heteroatoms. The molecule has 0 fully saturated rings. The van der Waals surface area contributed by atoms with E-state index in [1.807, 2.05) is 0 Å². The van der Waals surface area contributed by atoms with Gasteiger partial charge in [-0.25, -0.2) is 0 Å². The molecule has 0 saturated carbocycles. The first-order chi connectivity index (χ1) is 9.59. The quantitative estimate of drug-likeness (QED) is 0.500. The van der Waals surface area contributed by atoms with Gasteiger partial charge in [-0.05, 0) is 17.7 Å². The number of nitrogens with zero attached hydrogens (tertiary/aromatic N) is 1. The van der Waals surface area contributed by atoms with Gasteiger partial charge in [0.05, 0.1) is 5.97 Å². The number of hydrogen-bond acceptors (Lipinski definition) is 5. The third kappa shape index (κ3) is 3.03. The van der Waals surface area contributed by atoms with Gasteiger partial charge in [-0.15, -0.1) is 5.23 Å². The van der Waals surface area contributed by atoms with Gasteiger partial charge in [0.25, 0.3) is 0 Å². The molecule has 5 nitrogen and oxygen atoms in total. The zero-order valence-corrected chi connectivity index (χ0v) is 10.4. The van der Waals surface area contributed by atoms with Crippen LogP contribution in [0.5, 0.6) is 0 Å². The Hall–Kier alpha value is -2.63. The average Bonchev–Trinajstić information content (AvgIpc) is 2.45. The van der Waals surface area contributed by atoms with Crippen LogP contribution in [0.3, 0.4) is 0 Å². The van der Waals surface area contributed by atoms with Crippen LogP contribution < -0.4 is 10.3 Å². The maximum Gasteiger partial charge on any atom is 0.101 e. The van der Waals surface area contributed by atoms with Crippen molar-refractivity contribution in [3.63, 3.8) is 0 Å². The highest BCUT2D eigenvalue weighted by atomic mass is 16.8. The highest BCUT2D eigenvalue weighted by Gasteiger charge is 2.08. The summed E-state index contributed by atoms with van der Waals surface area (Å²) in [4.78, 5) is 11.3. The normalized spacial score (nSPS) is 11.2. The number of anilines is 1. The number of hydrogen-bond donors (Lipinski definition) is 2. The summed E-state index contributed by atoms with van der Waals surface area (Å²) in [5.74, 6) is -1.34. The zero-order chi connectivity index (χ0) is 14.5. The maximum atomic E-state index is 11.3. The van der Waals surface area contributed by atoms with E-state index in [0.29, 0.717) is 11.1 Å². The number of rotatable bonds is 4. The molecule has 2 aromatic rings. The Morgan fingerprint density at radius 3 is 2.20 bits per heavy atom. The summed E-state index contributed by atoms with van der Waals surface area (Å²) >= 11 is 0. The lowest BCUT2D eigenvalue weighted by atomic mass is 10.0. The summed E-state index contributed by atoms with van der Waals surface area (Å²) < 4.78 is 0. The first-order valence-corrected chi connectivity index (χ1v) is 5.85. The number of aliphatic carboxylic acids is 1. The van der Waals surface area contributed by atoms with E-state index < -0.39 is 5.97 Å². The third-order valence-electron chi connectivity index (χ3n) is 2.76. The Labute approximate surface area is 115 Å². The highest BCUT2D eigenvalue weighted by molar-refractivity contribution is 6.20. The van der Waals surface area contributed by atoms with Crippen molar-refractivity contribution in [1.29, 1.82) is 0 Å². The van der Waals surface area contributed by atoms with Crippen LogP contribution in [0.1, 0.15) is 11.1 Å². The van der Waals surface area contributed by atoms with Crippen LogP contribution in [-0.4, -0.2) is 16.4 Å². The summed E-state index contributed by atoms with van der Waals surface area (Å²) in [5, 5.41) is 29.5. The minimum atomic E-state index is -1.34. The van der Waals surface area contributed by atoms with Crippen molar-refractivity contribution in [3.8, 4) is 0 Å². The van der Waals surface area contributed by atoms with Gasteiger partial charge < -0.3 is 9.90 Å². The van der Waals surface area contributed by atoms with E-state index in [9.17, 15) is 9.90 Å². The fraction of sp³-hybridized carbons (Fsp3) is 0. The number of carbonyl (C=O) groups is 1. The van der Waals surface area contributed by atoms with Crippen molar-refractivity contribution in [2.45, 2.75) is 0 Å². The SMILES string of the molecule is O=C([O-])C(=Cc1ccccc1N(O)O)c1ccccc1. The molecule has 0 spiro atoms. The van der Waals surface area contributed by atoms with Crippen LogP contribution >= 0.6 is 0 Å². The maximum absolute atomic E-state index is 11.3. The fourth-order valence-corrected chi connectivity index (χ4v) is 1.83. The fourth-order valence-electron chi connectivity index (χ4n) is 1.83. The zero-order valence-electron chi connectivity index (χ0n) is 10.4. The topological polar surface area (TPSA) is 83.8 Å². The molecule has 0 aromatic heterocycles. The van der Waals surface area contributed by atoms with Crippen molar-refractivity contribution < 1.29 is 20.3 Å². The molecular weight excluding hydrogens is 258 g/mol. The van der Waals surface area contributed by atoms with E-state index in [0.717, 1.165) is 0 Å². The molecule has 0 heterocycles. The first kappa shape index (κ1) is 13.8. The lowest BCUT2D eigenvalue weighted by Crippen LogP contribution is -2.23. The molecule has 0 bridgehead atoms. The van der Waals surface area contributed by atoms with Gasteiger partial charge in [-0.3, -0.25) is 10.4 Å². The van der Waals surface area contributed by atoms with Crippen molar-refractivity contribution in [2.75, 3.05) is 5.23 Å². The summed E-state index contributed by atoms with van der Waals surface area (Å²) in [7, 11) is 0. The smallest absolute Gasteiger partial charge is 0.101 e. The van der Waals surface area contributed by atoms with Gasteiger partial charge in [-0.2, -0.15) is 0 Å². The molecule has 0 unspecified atom stereocenters. The molecule has 102 valence electrons. The predicted octanol–water partition coefficient (Wildman–Crippen LogP) is 1.56. The van der Waals surface area contributed by atoms with Crippen molar-refractivity contribution in [2.24, 2.45) is 0 Å². The van der Waals surface area contributed by atoms with Crippen LogP contribution in [0.25, 0.3) is 11.6 Å². The predicted molar refractivity (Wildman–Crippen MR) is 71.8 cm³/mol. The molecule has 20 heavy (non-hydrogen) atoms. The number of carboxylic acids is 1. The Bertz CT molecular complexity index is 635. The molecular formula is C15H12NO4-. The summed E-state index contributed by atoms with van der Waals surface area (Å²) in [5.41, 5.74) is 0.854. The first-order valence-electron chi connectivity index (χ1n) is 5.85. The molecule has 2 N–H and O–H groups in total. The minimum absolute atomic E-state index is 0.0418. The Morgan fingerprint density at radius 1 is 1.00 bits per heavy atom. The molecule has 0 amide bonds. The van der Waals surface area contributed by atoms with Crippen LogP contribution in [0.15, 0.2) is 54.6 Å². The van der Waals surface area contributed by atoms with E-state index in [1.54, 1.807) is 48.5 Å². The molecule has 0 aliphatic rings. The standard InChI is InChI=1S/C15H13NO4/c17-15(18)13(11-6-2-1-3-7-11)10-12-8-4-5-9-14(12)16(19)20/h1-10,19-20H,(H,17,18)/p-1. The number of carboxylic acid groups (broad SMARTS) is 1. The highest BCUT2D eigenvalue weighted by Crippen LogP contribution is 2.24. The monoisotopic (exact) mass is 270 g/mol. The van der Waals surface area contributed by atoms with Crippen LogP contribution in [-0.2, 0) is 4.79 Å². The molecule has 2 rings (SSSR count). The average molecular weight is 270 g/mol. The number of carbonyl (C=O) groups excluding carboxylic acids is 1. The van der Waals surface area contributed by atoms with Gasteiger partial charge in [0, 0.05) is 11.1 Å². The van der Waals surface area contributed by atoms with Crippen molar-refractivity contribution in [3.05, 3.63) is 65.7 Å². The number of para-hydroxylation sites is 1. The lowest BCUT2D eigenvalue weighted by Gasteiger charge is -2.13. The molecule has 0 radical (unpaired) electrons. The van der Waals surface area contributed by atoms with E-state index >= 15 is 0 Å². The van der Waals surface area contributed by atoms with Gasteiger partial charge in [0.1, 0.15) is 5.69 Å². The Kier molecular flexibility index (Phi) is 4.14. The van der Waals surface area contributed by atoms with Gasteiger partial charge in [0.2, 0.25) is 0 Å². The second-order valence-corrected chi connectivity index (χ2v) is 4.06. The summed E-state index contributed by atoms with van der Waals surface area (Å²) in [6, 6.07) is 14.8. The van der Waals surface area contributed by atoms with E-state index in [-0.39, 0.29) is 16.5 Å².